The summed E-state index contributed by atoms with van der Waals surface area (Å²) in [5, 5.41) is 10.8. The molecule has 23 heteroatoms. The number of nitrogen functional groups attached to an aromatic ring is 3. The Morgan fingerprint density at radius 3 is 1.16 bits per heavy atom. The van der Waals surface area contributed by atoms with Crippen molar-refractivity contribution < 1.29 is 38.1 Å². The quantitative estimate of drug-likeness (QED) is 0.0387. The zero-order chi connectivity index (χ0) is 69.8. The molecule has 0 atom stereocenters. The molecule has 3 amide bonds. The van der Waals surface area contributed by atoms with Crippen molar-refractivity contribution in [2.45, 2.75) is 122 Å². The van der Waals surface area contributed by atoms with E-state index in [4.69, 9.17) is 36.1 Å². The molecule has 12 aromatic rings. The highest BCUT2D eigenvalue weighted by Gasteiger charge is 2.28. The van der Waals surface area contributed by atoms with E-state index in [0.29, 0.717) is 47.0 Å². The first-order valence-corrected chi connectivity index (χ1v) is 34.0. The number of nitrogens with one attached hydrogen (secondary N) is 3. The van der Waals surface area contributed by atoms with Crippen LogP contribution in [0.15, 0.2) is 189 Å². The maximum Gasteiger partial charge on any atom is 0.411 e. The Labute approximate surface area is 583 Å². The average molecular weight is 1350 g/mol. The summed E-state index contributed by atoms with van der Waals surface area (Å²) in [6.07, 6.45) is 23.3. The lowest BCUT2D eigenvalue weighted by Crippen LogP contribution is -2.16. The summed E-state index contributed by atoms with van der Waals surface area (Å²) in [6, 6.07) is 48.5. The van der Waals surface area contributed by atoms with Crippen LogP contribution < -0.4 is 33.2 Å². The Bertz CT molecular complexity index is 4910. The molecule has 514 valence electrons. The number of methoxy groups -OCH3 is 1. The molecule has 15 rings (SSSR count). The Balaban J connectivity index is 0.000000136. The molecule has 0 bridgehead atoms. The van der Waals surface area contributed by atoms with Crippen molar-refractivity contribution in [1.82, 2.24) is 43.6 Å². The number of benzene rings is 6. The molecule has 6 aromatic heterocycles. The second-order valence-corrected chi connectivity index (χ2v) is 25.5. The van der Waals surface area contributed by atoms with Gasteiger partial charge in [-0.25, -0.2) is 49.1 Å². The van der Waals surface area contributed by atoms with E-state index in [9.17, 15) is 19.2 Å². The predicted molar refractivity (Wildman–Crippen MR) is 391 cm³/mol. The van der Waals surface area contributed by atoms with E-state index < -0.39 is 24.2 Å². The smallest absolute Gasteiger partial charge is 0.411 e. The molecule has 0 radical (unpaired) electrons. The molecule has 6 heterocycles. The average Bonchev–Trinajstić information content (AvgIpc) is 1.63. The number of hydrogen-bond acceptors (Lipinski definition) is 17. The topological polar surface area (TPSA) is 311 Å². The molecule has 9 N–H and O–H groups in total. The van der Waals surface area contributed by atoms with Gasteiger partial charge in [-0.3, -0.25) is 16.0 Å². The number of carbonyl (C=O) groups is 4. The van der Waals surface area contributed by atoms with Crippen molar-refractivity contribution in [1.29, 1.82) is 0 Å². The Hall–Kier alpha value is -12.1. The van der Waals surface area contributed by atoms with E-state index in [0.717, 1.165) is 127 Å². The molecule has 0 saturated heterocycles. The van der Waals surface area contributed by atoms with Gasteiger partial charge in [0.25, 0.3) is 0 Å². The minimum Gasteiger partial charge on any atom is -0.465 e. The van der Waals surface area contributed by atoms with Crippen molar-refractivity contribution in [2.75, 3.05) is 40.3 Å². The summed E-state index contributed by atoms with van der Waals surface area (Å²) in [5.41, 5.74) is 32.4. The highest BCUT2D eigenvalue weighted by atomic mass is 16.6. The lowest BCUT2D eigenvalue weighted by molar-refractivity contribution is 0.0601. The number of aromatic nitrogens is 9. The molecule has 6 aromatic carbocycles. The highest BCUT2D eigenvalue weighted by molar-refractivity contribution is 6.06. The number of ether oxygens (including phenoxy) is 4. The van der Waals surface area contributed by atoms with Crippen LogP contribution in [0.2, 0.25) is 0 Å². The fourth-order valence-electron chi connectivity index (χ4n) is 13.8. The number of carbonyl (C=O) groups excluding carboxylic acids is 4. The number of anilines is 6. The monoisotopic (exact) mass is 1350 g/mol. The van der Waals surface area contributed by atoms with Gasteiger partial charge in [0.15, 0.2) is 0 Å². The molecule has 0 spiro atoms. The fraction of sp³-hybridized carbons (Fsp3) is 0.256. The zero-order valence-electron chi connectivity index (χ0n) is 56.3. The fourth-order valence-corrected chi connectivity index (χ4v) is 13.8. The first-order chi connectivity index (χ1) is 49.3. The number of nitrogens with two attached hydrogens (primary N) is 3. The molecule has 101 heavy (non-hydrogen) atoms. The first kappa shape index (κ1) is 67.4. The molecule has 0 aliphatic heterocycles. The Morgan fingerprint density at radius 1 is 0.426 bits per heavy atom. The van der Waals surface area contributed by atoms with Crippen LogP contribution in [-0.4, -0.2) is 75.0 Å². The van der Waals surface area contributed by atoms with Crippen molar-refractivity contribution in [3.05, 3.63) is 217 Å². The normalized spacial score (nSPS) is 13.8. The second kappa shape index (κ2) is 31.2. The number of rotatable bonds is 16. The van der Waals surface area contributed by atoms with Gasteiger partial charge in [-0.05, 0) is 121 Å². The van der Waals surface area contributed by atoms with Crippen molar-refractivity contribution >= 4 is 91.9 Å². The van der Waals surface area contributed by atoms with E-state index in [1.807, 2.05) is 153 Å². The van der Waals surface area contributed by atoms with Gasteiger partial charge in [0.2, 0.25) is 0 Å². The minimum absolute atomic E-state index is 0.109. The summed E-state index contributed by atoms with van der Waals surface area (Å²) in [4.78, 5) is 75.8. The van der Waals surface area contributed by atoms with E-state index in [1.165, 1.54) is 64.6 Å². The maximum atomic E-state index is 12.7. The van der Waals surface area contributed by atoms with Gasteiger partial charge in [0, 0.05) is 64.8 Å². The Kier molecular flexibility index (Phi) is 20.8. The molecule has 3 fully saturated rings. The molecule has 23 nitrogen and oxygen atoms in total. The zero-order valence-corrected chi connectivity index (χ0v) is 56.3. The summed E-state index contributed by atoms with van der Waals surface area (Å²) in [7, 11) is 1.30. The number of hydrogen-bond donors (Lipinski definition) is 6. The number of nitrogens with zero attached hydrogens (tertiary/aromatic N) is 9. The lowest BCUT2D eigenvalue weighted by atomic mass is 10.0. The standard InChI is InChI=1S/C27H27N5O4.C26H27N5O2.C25H25N5O2/c1-35-26(33)20-13-18(11-12-22(20)31-27(34)36-15-17-7-3-2-4-8-17)21-14-32(19-9-5-6-10-19)25-23(21)24(28)29-16-30-25;1-17-13-19(11-12-22(17)30-26(32)33-15-18-7-3-2-4-8-18)21-14-31(20-9-5-6-10-20)25-23(21)24(27)28-16-29-25;26-23-22-21(14-30(20-8-4-5-9-20)24(22)28-16-27-23)18-10-12-19(13-11-18)29-25(31)32-15-17-6-2-1-3-7-17/h2-4,7-8,11-14,16,19H,5-6,9-10,15H2,1H3,(H,31,34)(H2,28,29,30);2-4,7-8,11-14,16,20H,5-6,9-10,15H2,1H3,(H,30,32)(H2,27,28,29);1-3,6-7,10-14,16,20H,4-5,8-9,15H2,(H,29,31)(H2,26,27,28). The first-order valence-electron chi connectivity index (χ1n) is 34.0. The largest absolute Gasteiger partial charge is 0.465 e. The third kappa shape index (κ3) is 15.6. The van der Waals surface area contributed by atoms with Crippen LogP contribution in [0.25, 0.3) is 66.5 Å². The number of fused-ring (bicyclic) bond motifs is 3. The van der Waals surface area contributed by atoms with Crippen LogP contribution in [0.3, 0.4) is 0 Å². The van der Waals surface area contributed by atoms with Gasteiger partial charge in [-0.15, -0.1) is 0 Å². The van der Waals surface area contributed by atoms with Gasteiger partial charge in [0.05, 0.1) is 34.5 Å². The van der Waals surface area contributed by atoms with E-state index in [1.54, 1.807) is 12.1 Å². The summed E-state index contributed by atoms with van der Waals surface area (Å²) in [5.74, 6) is 0.751. The predicted octanol–water partition coefficient (Wildman–Crippen LogP) is 16.7. The summed E-state index contributed by atoms with van der Waals surface area (Å²) >= 11 is 0. The second-order valence-electron chi connectivity index (χ2n) is 25.5. The number of aryl methyl sites for hydroxylation is 1. The van der Waals surface area contributed by atoms with E-state index >= 15 is 0 Å². The van der Waals surface area contributed by atoms with Crippen molar-refractivity contribution in [2.24, 2.45) is 0 Å². The van der Waals surface area contributed by atoms with E-state index in [2.05, 4.69) is 71.9 Å². The van der Waals surface area contributed by atoms with Gasteiger partial charge in [0.1, 0.15) is 73.2 Å². The molecule has 3 aliphatic carbocycles. The Morgan fingerprint density at radius 2 is 0.772 bits per heavy atom. The third-order valence-corrected chi connectivity index (χ3v) is 18.9. The molecule has 0 unspecified atom stereocenters. The molecule has 3 aliphatic rings. The minimum atomic E-state index is -0.674. The van der Waals surface area contributed by atoms with Crippen LogP contribution in [0.1, 0.15) is 128 Å². The van der Waals surface area contributed by atoms with Crippen LogP contribution in [0.4, 0.5) is 48.9 Å². The van der Waals surface area contributed by atoms with Gasteiger partial charge in [-0.2, -0.15) is 0 Å². The van der Waals surface area contributed by atoms with Gasteiger partial charge in [-0.1, -0.05) is 154 Å². The summed E-state index contributed by atoms with van der Waals surface area (Å²) < 4.78 is 27.6. The number of esters is 1. The molecular formula is C78H79N15O8. The van der Waals surface area contributed by atoms with Crippen LogP contribution in [0, 0.1) is 6.92 Å². The molecule has 3 saturated carbocycles. The summed E-state index contributed by atoms with van der Waals surface area (Å²) in [6.45, 7) is 2.53. The van der Waals surface area contributed by atoms with Crippen molar-refractivity contribution in [3.63, 3.8) is 0 Å². The maximum absolute atomic E-state index is 12.7. The van der Waals surface area contributed by atoms with Crippen LogP contribution in [-0.2, 0) is 38.8 Å². The van der Waals surface area contributed by atoms with Crippen LogP contribution in [0.5, 0.6) is 0 Å². The number of amides is 3. The van der Waals surface area contributed by atoms with E-state index in [-0.39, 0.29) is 31.1 Å². The lowest BCUT2D eigenvalue weighted by Gasteiger charge is -2.13. The van der Waals surface area contributed by atoms with Gasteiger partial charge >= 0.3 is 24.2 Å². The van der Waals surface area contributed by atoms with Crippen LogP contribution >= 0.6 is 0 Å². The third-order valence-electron chi connectivity index (χ3n) is 18.9. The molecular weight excluding hydrogens is 1270 g/mol. The SMILES string of the molecule is COC(=O)c1cc(-c2cn(C3CCCC3)c3ncnc(N)c23)ccc1NC(=O)OCc1ccccc1.Cc1cc(-c2cn(C3CCCC3)c3ncnc(N)c23)ccc1NC(=O)OCc1ccccc1.Nc1ncnc2c1c(-c1ccc(NC(=O)OCc3ccccc3)cc1)cn2C1CCCC1. The van der Waals surface area contributed by atoms with Gasteiger partial charge < -0.3 is 49.8 Å². The highest BCUT2D eigenvalue weighted by Crippen LogP contribution is 2.43. The van der Waals surface area contributed by atoms with Crippen molar-refractivity contribution in [3.8, 4) is 33.4 Å².